The highest BCUT2D eigenvalue weighted by Crippen LogP contribution is 2.20. The molecule has 1 aromatic carbocycles. The van der Waals surface area contributed by atoms with Gasteiger partial charge in [0.1, 0.15) is 0 Å². The van der Waals surface area contributed by atoms with Gasteiger partial charge in [0, 0.05) is 6.04 Å². The standard InChI is InChI=1S/C15H20F3NO/c16-15(17,18)8-10-20-11-13-4-2-1-3-12(13)7-9-19-14-5-6-14/h1-4,14,19H,5-11H2. The number of benzene rings is 1. The Hall–Kier alpha value is -1.07. The van der Waals surface area contributed by atoms with Gasteiger partial charge in [-0.25, -0.2) is 0 Å². The largest absolute Gasteiger partial charge is 0.391 e. The fourth-order valence-electron chi connectivity index (χ4n) is 2.01. The Balaban J connectivity index is 1.74. The Labute approximate surface area is 117 Å². The number of rotatable bonds is 8. The van der Waals surface area contributed by atoms with Gasteiger partial charge in [0.15, 0.2) is 0 Å². The summed E-state index contributed by atoms with van der Waals surface area (Å²) in [7, 11) is 0. The maximum absolute atomic E-state index is 12.0. The molecule has 1 saturated carbocycles. The highest BCUT2D eigenvalue weighted by Gasteiger charge is 2.26. The first kappa shape index (κ1) is 15.3. The fourth-order valence-corrected chi connectivity index (χ4v) is 2.01. The van der Waals surface area contributed by atoms with E-state index in [0.29, 0.717) is 6.04 Å². The van der Waals surface area contributed by atoms with E-state index < -0.39 is 12.6 Å². The van der Waals surface area contributed by atoms with E-state index >= 15 is 0 Å². The van der Waals surface area contributed by atoms with E-state index in [9.17, 15) is 13.2 Å². The Kier molecular flexibility index (Phi) is 5.43. The summed E-state index contributed by atoms with van der Waals surface area (Å²) < 4.78 is 41.2. The molecule has 1 aromatic rings. The number of nitrogens with one attached hydrogen (secondary N) is 1. The normalized spacial score (nSPS) is 15.6. The Morgan fingerprint density at radius 3 is 2.50 bits per heavy atom. The minimum absolute atomic E-state index is 0.246. The fraction of sp³-hybridized carbons (Fsp3) is 0.600. The summed E-state index contributed by atoms with van der Waals surface area (Å²) in [5.41, 5.74) is 2.12. The molecule has 0 saturated heterocycles. The van der Waals surface area contributed by atoms with Gasteiger partial charge in [0.2, 0.25) is 0 Å². The second-order valence-corrected chi connectivity index (χ2v) is 5.16. The smallest absolute Gasteiger partial charge is 0.376 e. The third-order valence-corrected chi connectivity index (χ3v) is 3.31. The van der Waals surface area contributed by atoms with Gasteiger partial charge in [-0.3, -0.25) is 0 Å². The predicted molar refractivity (Wildman–Crippen MR) is 71.5 cm³/mol. The van der Waals surface area contributed by atoms with Crippen molar-refractivity contribution in [3.8, 4) is 0 Å². The number of alkyl halides is 3. The van der Waals surface area contributed by atoms with E-state index in [1.54, 1.807) is 0 Å². The van der Waals surface area contributed by atoms with Crippen LogP contribution in [0.4, 0.5) is 13.2 Å². The summed E-state index contributed by atoms with van der Waals surface area (Å²) in [6.07, 6.45) is -1.65. The van der Waals surface area contributed by atoms with Crippen LogP contribution in [0.2, 0.25) is 0 Å². The Morgan fingerprint density at radius 1 is 1.15 bits per heavy atom. The van der Waals surface area contributed by atoms with Crippen LogP contribution in [-0.4, -0.2) is 25.4 Å². The highest BCUT2D eigenvalue weighted by molar-refractivity contribution is 5.26. The molecule has 1 N–H and O–H groups in total. The summed E-state index contributed by atoms with van der Waals surface area (Å²) in [6.45, 7) is 0.873. The summed E-state index contributed by atoms with van der Waals surface area (Å²) in [5, 5.41) is 3.43. The first-order chi connectivity index (χ1) is 9.54. The molecule has 0 amide bonds. The van der Waals surface area contributed by atoms with Crippen molar-refractivity contribution in [2.45, 2.75) is 44.5 Å². The zero-order valence-electron chi connectivity index (χ0n) is 11.4. The minimum atomic E-state index is -4.15. The topological polar surface area (TPSA) is 21.3 Å². The van der Waals surface area contributed by atoms with Crippen molar-refractivity contribution >= 4 is 0 Å². The Bertz CT molecular complexity index is 416. The zero-order chi connectivity index (χ0) is 14.4. The van der Waals surface area contributed by atoms with Crippen LogP contribution in [0.15, 0.2) is 24.3 Å². The van der Waals surface area contributed by atoms with Crippen molar-refractivity contribution < 1.29 is 17.9 Å². The lowest BCUT2D eigenvalue weighted by Crippen LogP contribution is -2.19. The average molecular weight is 287 g/mol. The molecule has 2 nitrogen and oxygen atoms in total. The number of hydrogen-bond donors (Lipinski definition) is 1. The van der Waals surface area contributed by atoms with Crippen LogP contribution in [0, 0.1) is 0 Å². The predicted octanol–water partition coefficient (Wildman–Crippen LogP) is 3.45. The monoisotopic (exact) mass is 287 g/mol. The maximum atomic E-state index is 12.0. The summed E-state index contributed by atoms with van der Waals surface area (Å²) in [5.74, 6) is 0. The van der Waals surface area contributed by atoms with Crippen LogP contribution >= 0.6 is 0 Å². The lowest BCUT2D eigenvalue weighted by atomic mass is 10.1. The van der Waals surface area contributed by atoms with Crippen LogP contribution in [-0.2, 0) is 17.8 Å². The zero-order valence-corrected chi connectivity index (χ0v) is 11.4. The molecule has 0 bridgehead atoms. The van der Waals surface area contributed by atoms with Crippen molar-refractivity contribution in [3.63, 3.8) is 0 Å². The molecule has 5 heteroatoms. The molecule has 0 heterocycles. The number of hydrogen-bond acceptors (Lipinski definition) is 2. The van der Waals surface area contributed by atoms with Gasteiger partial charge in [-0.1, -0.05) is 24.3 Å². The van der Waals surface area contributed by atoms with E-state index in [0.717, 1.165) is 24.1 Å². The number of halogens is 3. The third kappa shape index (κ3) is 5.92. The summed E-state index contributed by atoms with van der Waals surface area (Å²) in [4.78, 5) is 0. The molecule has 0 spiro atoms. The van der Waals surface area contributed by atoms with E-state index in [4.69, 9.17) is 4.74 Å². The molecule has 0 aromatic heterocycles. The molecule has 112 valence electrons. The lowest BCUT2D eigenvalue weighted by Gasteiger charge is -2.11. The lowest BCUT2D eigenvalue weighted by molar-refractivity contribution is -0.146. The van der Waals surface area contributed by atoms with Crippen LogP contribution in [0.5, 0.6) is 0 Å². The molecule has 20 heavy (non-hydrogen) atoms. The van der Waals surface area contributed by atoms with E-state index in [2.05, 4.69) is 5.32 Å². The maximum Gasteiger partial charge on any atom is 0.391 e. The van der Waals surface area contributed by atoms with Crippen LogP contribution < -0.4 is 5.32 Å². The third-order valence-electron chi connectivity index (χ3n) is 3.31. The van der Waals surface area contributed by atoms with Crippen LogP contribution in [0.1, 0.15) is 30.4 Å². The molecular formula is C15H20F3NO. The van der Waals surface area contributed by atoms with Crippen molar-refractivity contribution in [2.75, 3.05) is 13.2 Å². The molecule has 0 radical (unpaired) electrons. The van der Waals surface area contributed by atoms with E-state index in [-0.39, 0.29) is 13.2 Å². The molecule has 1 aliphatic carbocycles. The number of ether oxygens (including phenoxy) is 1. The Morgan fingerprint density at radius 2 is 1.85 bits per heavy atom. The van der Waals surface area contributed by atoms with Crippen LogP contribution in [0.3, 0.4) is 0 Å². The van der Waals surface area contributed by atoms with Gasteiger partial charge in [-0.05, 0) is 36.9 Å². The molecule has 0 aliphatic heterocycles. The van der Waals surface area contributed by atoms with Crippen molar-refractivity contribution in [1.82, 2.24) is 5.32 Å². The second kappa shape index (κ2) is 7.09. The molecule has 2 rings (SSSR count). The van der Waals surface area contributed by atoms with Gasteiger partial charge in [-0.2, -0.15) is 13.2 Å². The molecule has 1 aliphatic rings. The van der Waals surface area contributed by atoms with E-state index in [1.807, 2.05) is 24.3 Å². The average Bonchev–Trinajstić information content (AvgIpc) is 3.19. The van der Waals surface area contributed by atoms with Gasteiger partial charge in [0.05, 0.1) is 19.6 Å². The van der Waals surface area contributed by atoms with Gasteiger partial charge in [0.25, 0.3) is 0 Å². The van der Waals surface area contributed by atoms with Crippen LogP contribution in [0.25, 0.3) is 0 Å². The van der Waals surface area contributed by atoms with Crippen molar-refractivity contribution in [3.05, 3.63) is 35.4 Å². The van der Waals surface area contributed by atoms with Crippen molar-refractivity contribution in [2.24, 2.45) is 0 Å². The van der Waals surface area contributed by atoms with Gasteiger partial charge < -0.3 is 10.1 Å². The summed E-state index contributed by atoms with van der Waals surface area (Å²) in [6, 6.07) is 8.44. The molecule has 0 atom stereocenters. The highest BCUT2D eigenvalue weighted by atomic mass is 19.4. The molecular weight excluding hydrogens is 267 g/mol. The SMILES string of the molecule is FC(F)(F)CCOCc1ccccc1CCNC1CC1. The first-order valence-corrected chi connectivity index (χ1v) is 6.99. The van der Waals surface area contributed by atoms with E-state index in [1.165, 1.54) is 12.8 Å². The van der Waals surface area contributed by atoms with Gasteiger partial charge in [-0.15, -0.1) is 0 Å². The quantitative estimate of drug-likeness (QED) is 0.739. The van der Waals surface area contributed by atoms with Crippen molar-refractivity contribution in [1.29, 1.82) is 0 Å². The van der Waals surface area contributed by atoms with Gasteiger partial charge >= 0.3 is 6.18 Å². The molecule has 0 unspecified atom stereocenters. The first-order valence-electron chi connectivity index (χ1n) is 6.99. The second-order valence-electron chi connectivity index (χ2n) is 5.16. The summed E-state index contributed by atoms with van der Waals surface area (Å²) >= 11 is 0. The minimum Gasteiger partial charge on any atom is -0.376 e. The molecule has 1 fully saturated rings.